The normalized spacial score (nSPS) is 11.2. The molecule has 0 amide bonds. The van der Waals surface area contributed by atoms with Gasteiger partial charge < -0.3 is 10.3 Å². The van der Waals surface area contributed by atoms with Crippen LogP contribution in [0.2, 0.25) is 0 Å². The van der Waals surface area contributed by atoms with Crippen molar-refractivity contribution in [2.45, 2.75) is 13.0 Å². The molecule has 3 nitrogen and oxygen atoms in total. The summed E-state index contributed by atoms with van der Waals surface area (Å²) in [5.41, 5.74) is 8.17. The maximum atomic E-state index is 5.61. The number of fused-ring (bicyclic) bond motifs is 1. The largest absolute Gasteiger partial charge is 0.341 e. The molecule has 18 heavy (non-hydrogen) atoms. The third-order valence-corrected chi connectivity index (χ3v) is 3.82. The van der Waals surface area contributed by atoms with Crippen LogP contribution < -0.4 is 5.73 Å². The van der Waals surface area contributed by atoms with Gasteiger partial charge in [-0.1, -0.05) is 12.1 Å². The Bertz CT molecular complexity index is 640. The van der Waals surface area contributed by atoms with Crippen LogP contribution in [0.1, 0.15) is 10.6 Å². The molecule has 3 aromatic rings. The molecule has 3 rings (SSSR count). The van der Waals surface area contributed by atoms with Crippen LogP contribution in [-0.2, 0) is 13.0 Å². The molecule has 0 saturated heterocycles. The van der Waals surface area contributed by atoms with E-state index in [2.05, 4.69) is 40.0 Å². The zero-order valence-electron chi connectivity index (χ0n) is 10.0. The second kappa shape index (κ2) is 4.92. The molecular weight excluding hydrogens is 242 g/mol. The van der Waals surface area contributed by atoms with Crippen molar-refractivity contribution in [3.63, 3.8) is 0 Å². The van der Waals surface area contributed by atoms with Crippen LogP contribution >= 0.6 is 11.3 Å². The van der Waals surface area contributed by atoms with Gasteiger partial charge in [0.05, 0.1) is 6.54 Å². The molecule has 0 spiro atoms. The van der Waals surface area contributed by atoms with E-state index in [1.807, 2.05) is 11.6 Å². The monoisotopic (exact) mass is 257 g/mol. The fourth-order valence-corrected chi connectivity index (χ4v) is 2.78. The molecule has 0 bridgehead atoms. The van der Waals surface area contributed by atoms with Crippen molar-refractivity contribution in [2.24, 2.45) is 5.73 Å². The number of thiazole rings is 1. The number of hydrogen-bond acceptors (Lipinski definition) is 3. The molecule has 1 aromatic carbocycles. The first kappa shape index (κ1) is 11.4. The first-order valence-electron chi connectivity index (χ1n) is 6.03. The Morgan fingerprint density at radius 1 is 1.28 bits per heavy atom. The summed E-state index contributed by atoms with van der Waals surface area (Å²) in [6, 6.07) is 8.70. The maximum Gasteiger partial charge on any atom is 0.112 e. The Balaban J connectivity index is 1.98. The van der Waals surface area contributed by atoms with E-state index in [1.54, 1.807) is 11.3 Å². The third-order valence-electron chi connectivity index (χ3n) is 3.06. The van der Waals surface area contributed by atoms with Gasteiger partial charge in [0.15, 0.2) is 0 Å². The minimum absolute atomic E-state index is 0.693. The van der Waals surface area contributed by atoms with Gasteiger partial charge in [-0.05, 0) is 36.0 Å². The number of benzene rings is 1. The van der Waals surface area contributed by atoms with E-state index in [4.69, 9.17) is 5.73 Å². The summed E-state index contributed by atoms with van der Waals surface area (Å²) in [4.78, 5) is 4.33. The van der Waals surface area contributed by atoms with Gasteiger partial charge in [0.25, 0.3) is 0 Å². The van der Waals surface area contributed by atoms with Gasteiger partial charge in [-0.15, -0.1) is 11.3 Å². The molecule has 0 aliphatic rings. The number of nitrogens with zero attached hydrogens (tertiary/aromatic N) is 2. The molecule has 0 fully saturated rings. The highest BCUT2D eigenvalue weighted by molar-refractivity contribution is 7.09. The Hall–Kier alpha value is -1.65. The summed E-state index contributed by atoms with van der Waals surface area (Å²) in [7, 11) is 0. The Kier molecular flexibility index (Phi) is 3.13. The fraction of sp³-hybridized carbons (Fsp3) is 0.214. The van der Waals surface area contributed by atoms with Gasteiger partial charge in [-0.3, -0.25) is 0 Å². The fourth-order valence-electron chi connectivity index (χ4n) is 2.17. The lowest BCUT2D eigenvalue weighted by Gasteiger charge is -2.05. The average molecular weight is 257 g/mol. The lowest BCUT2D eigenvalue weighted by atomic mass is 10.1. The molecule has 0 atom stereocenters. The van der Waals surface area contributed by atoms with Gasteiger partial charge in [0.2, 0.25) is 0 Å². The average Bonchev–Trinajstić information content (AvgIpc) is 3.01. The van der Waals surface area contributed by atoms with Crippen LogP contribution in [0.25, 0.3) is 10.9 Å². The Morgan fingerprint density at radius 3 is 3.00 bits per heavy atom. The van der Waals surface area contributed by atoms with E-state index in [-0.39, 0.29) is 0 Å². The number of aromatic nitrogens is 2. The van der Waals surface area contributed by atoms with Crippen LogP contribution in [-0.4, -0.2) is 16.1 Å². The molecule has 2 aromatic heterocycles. The van der Waals surface area contributed by atoms with Crippen molar-refractivity contribution in [2.75, 3.05) is 6.54 Å². The van der Waals surface area contributed by atoms with Crippen molar-refractivity contribution >= 4 is 22.2 Å². The van der Waals surface area contributed by atoms with Crippen molar-refractivity contribution in [3.05, 3.63) is 52.6 Å². The van der Waals surface area contributed by atoms with E-state index in [1.165, 1.54) is 16.5 Å². The zero-order valence-corrected chi connectivity index (χ0v) is 10.9. The lowest BCUT2D eigenvalue weighted by molar-refractivity contribution is 0.827. The summed E-state index contributed by atoms with van der Waals surface area (Å²) in [6.07, 6.45) is 4.90. The van der Waals surface area contributed by atoms with Gasteiger partial charge in [0, 0.05) is 23.3 Å². The Labute approximate surface area is 110 Å². The highest BCUT2D eigenvalue weighted by Gasteiger charge is 2.04. The summed E-state index contributed by atoms with van der Waals surface area (Å²) < 4.78 is 2.24. The molecule has 2 heterocycles. The van der Waals surface area contributed by atoms with E-state index in [0.29, 0.717) is 6.54 Å². The lowest BCUT2D eigenvalue weighted by Crippen LogP contribution is -2.03. The van der Waals surface area contributed by atoms with E-state index < -0.39 is 0 Å². The maximum absolute atomic E-state index is 5.61. The van der Waals surface area contributed by atoms with Crippen LogP contribution in [0.15, 0.2) is 42.0 Å². The van der Waals surface area contributed by atoms with E-state index in [9.17, 15) is 0 Å². The Morgan fingerprint density at radius 2 is 2.22 bits per heavy atom. The molecular formula is C14H15N3S. The molecule has 4 heteroatoms. The van der Waals surface area contributed by atoms with Gasteiger partial charge in [0.1, 0.15) is 5.01 Å². The van der Waals surface area contributed by atoms with Crippen LogP contribution in [0.4, 0.5) is 0 Å². The molecule has 0 aliphatic heterocycles. The van der Waals surface area contributed by atoms with Crippen LogP contribution in [0.5, 0.6) is 0 Å². The zero-order chi connectivity index (χ0) is 12.4. The van der Waals surface area contributed by atoms with Gasteiger partial charge in [-0.2, -0.15) is 0 Å². The first-order chi connectivity index (χ1) is 8.86. The summed E-state index contributed by atoms with van der Waals surface area (Å²) in [6.45, 7) is 1.53. The van der Waals surface area contributed by atoms with Gasteiger partial charge in [-0.25, -0.2) is 4.98 Å². The summed E-state index contributed by atoms with van der Waals surface area (Å²) in [5, 5.41) is 4.42. The van der Waals surface area contributed by atoms with Gasteiger partial charge >= 0.3 is 0 Å². The third kappa shape index (κ3) is 2.17. The number of rotatable bonds is 4. The molecule has 92 valence electrons. The molecule has 0 unspecified atom stereocenters. The van der Waals surface area contributed by atoms with E-state index >= 15 is 0 Å². The highest BCUT2D eigenvalue weighted by Crippen LogP contribution is 2.19. The SMILES string of the molecule is NCCc1ccc2ccn(Cc3nccs3)c2c1. The predicted molar refractivity (Wildman–Crippen MR) is 75.9 cm³/mol. The summed E-state index contributed by atoms with van der Waals surface area (Å²) in [5.74, 6) is 0. The van der Waals surface area contributed by atoms with Crippen molar-refractivity contribution in [1.29, 1.82) is 0 Å². The standard InChI is InChI=1S/C14H15N3S/c15-5-3-11-1-2-12-4-7-17(13(12)9-11)10-14-16-6-8-18-14/h1-2,4,6-9H,3,5,10,15H2. The molecule has 2 N–H and O–H groups in total. The van der Waals surface area contributed by atoms with Crippen LogP contribution in [0.3, 0.4) is 0 Å². The second-order valence-corrected chi connectivity index (χ2v) is 5.28. The number of nitrogens with two attached hydrogens (primary N) is 1. The smallest absolute Gasteiger partial charge is 0.112 e. The van der Waals surface area contributed by atoms with Crippen molar-refractivity contribution in [1.82, 2.24) is 9.55 Å². The van der Waals surface area contributed by atoms with E-state index in [0.717, 1.165) is 18.0 Å². The van der Waals surface area contributed by atoms with Crippen molar-refractivity contribution < 1.29 is 0 Å². The summed E-state index contributed by atoms with van der Waals surface area (Å²) >= 11 is 1.69. The molecule has 0 saturated carbocycles. The second-order valence-electron chi connectivity index (χ2n) is 4.30. The minimum atomic E-state index is 0.693. The van der Waals surface area contributed by atoms with Crippen molar-refractivity contribution in [3.8, 4) is 0 Å². The highest BCUT2D eigenvalue weighted by atomic mass is 32.1. The number of hydrogen-bond donors (Lipinski definition) is 1. The first-order valence-corrected chi connectivity index (χ1v) is 6.91. The quantitative estimate of drug-likeness (QED) is 0.781. The predicted octanol–water partition coefficient (Wildman–Crippen LogP) is 2.65. The topological polar surface area (TPSA) is 43.8 Å². The van der Waals surface area contributed by atoms with Crippen LogP contribution in [0, 0.1) is 0 Å². The minimum Gasteiger partial charge on any atom is -0.341 e. The molecule has 0 aliphatic carbocycles. The molecule has 0 radical (unpaired) electrons.